The maximum Gasteiger partial charge on any atom is 0.253 e. The molecule has 0 radical (unpaired) electrons. The highest BCUT2D eigenvalue weighted by molar-refractivity contribution is 7.98. The van der Waals surface area contributed by atoms with Crippen molar-refractivity contribution in [2.75, 3.05) is 37.5 Å². The number of nitrogens with one attached hydrogen (secondary N) is 2. The van der Waals surface area contributed by atoms with E-state index >= 15 is 0 Å². The number of anilines is 1. The molecular formula is C29H36ClN5O4S. The number of halogens is 1. The number of H-pyrrole nitrogens is 1. The summed E-state index contributed by atoms with van der Waals surface area (Å²) in [6, 6.07) is 3.98. The normalized spacial score (nSPS) is 22.0. The lowest BCUT2D eigenvalue weighted by atomic mass is 9.84. The number of hydrogen-bond acceptors (Lipinski definition) is 8. The molecule has 2 fully saturated rings. The van der Waals surface area contributed by atoms with Crippen molar-refractivity contribution in [3.8, 4) is 11.5 Å². The van der Waals surface area contributed by atoms with Gasteiger partial charge in [-0.15, -0.1) is 11.8 Å². The number of piperidine rings is 1. The Morgan fingerprint density at radius 2 is 1.93 bits per heavy atom. The first-order valence-corrected chi connectivity index (χ1v) is 15.3. The molecule has 2 aromatic heterocycles. The van der Waals surface area contributed by atoms with Crippen LogP contribution in [0.25, 0.3) is 0 Å². The lowest BCUT2D eigenvalue weighted by Gasteiger charge is -2.44. The first-order valence-electron chi connectivity index (χ1n) is 13.7. The monoisotopic (exact) mass is 585 g/mol. The van der Waals surface area contributed by atoms with E-state index in [9.17, 15) is 4.79 Å². The number of rotatable bonds is 7. The second-order valence-corrected chi connectivity index (χ2v) is 12.6. The topological polar surface area (TPSA) is 93.6 Å². The summed E-state index contributed by atoms with van der Waals surface area (Å²) in [6.45, 7) is 9.17. The van der Waals surface area contributed by atoms with Crippen LogP contribution in [0.3, 0.4) is 0 Å². The zero-order chi connectivity index (χ0) is 28.2. The Bertz CT molecular complexity index is 1490. The number of fused-ring (bicyclic) bond motifs is 1. The third-order valence-electron chi connectivity index (χ3n) is 8.61. The predicted octanol–water partition coefficient (Wildman–Crippen LogP) is 4.52. The summed E-state index contributed by atoms with van der Waals surface area (Å²) < 4.78 is 20.7. The van der Waals surface area contributed by atoms with Crippen molar-refractivity contribution in [2.45, 2.75) is 56.4 Å². The van der Waals surface area contributed by atoms with Crippen LogP contribution in [0, 0.1) is 19.8 Å². The van der Waals surface area contributed by atoms with Crippen molar-refractivity contribution in [1.82, 2.24) is 20.1 Å². The molecule has 1 unspecified atom stereocenters. The summed E-state index contributed by atoms with van der Waals surface area (Å²) in [4.78, 5) is 19.0. The second kappa shape index (κ2) is 10.3. The molecule has 3 aliphatic rings. The van der Waals surface area contributed by atoms with Crippen LogP contribution in [-0.2, 0) is 23.9 Å². The lowest BCUT2D eigenvalue weighted by molar-refractivity contribution is -0.116. The van der Waals surface area contributed by atoms with Gasteiger partial charge in [-0.05, 0) is 50.6 Å². The Balaban J connectivity index is 1.22. The average molecular weight is 586 g/mol. The molecule has 40 heavy (non-hydrogen) atoms. The third-order valence-corrected chi connectivity index (χ3v) is 9.69. The van der Waals surface area contributed by atoms with E-state index in [1.165, 1.54) is 0 Å². The number of nitrogens with zero attached hydrogens (tertiary/aromatic N) is 3. The molecule has 5 heterocycles. The Kier molecular flexibility index (Phi) is 7.09. The van der Waals surface area contributed by atoms with E-state index < -0.39 is 11.3 Å². The van der Waals surface area contributed by atoms with Crippen molar-refractivity contribution < 1.29 is 14.2 Å². The van der Waals surface area contributed by atoms with Gasteiger partial charge in [0.25, 0.3) is 11.3 Å². The number of thioether (sulfide) groups is 1. The van der Waals surface area contributed by atoms with E-state index in [0.29, 0.717) is 36.3 Å². The molecule has 3 aromatic rings. The first-order chi connectivity index (χ1) is 19.1. The van der Waals surface area contributed by atoms with Crippen molar-refractivity contribution >= 4 is 29.1 Å². The average Bonchev–Trinajstić information content (AvgIpc) is 3.51. The molecular weight excluding hydrogens is 550 g/mol. The molecule has 1 aromatic carbocycles. The standard InChI is InChI=1S/C29H36ClN5O4S/c1-17-10-24(40-5)21(27(36)33-17)13-31-29(15-37-16-29)22-11-23(30)26-25(18(22)2)38-28(3,39-26)19-6-8-35(9-7-19)20-12-32-34(4)14-20/h10-12,14,19,31H,6-9,13,15-16H2,1-5H3,(H,33,36). The fourth-order valence-corrected chi connectivity index (χ4v) is 7.13. The van der Waals surface area contributed by atoms with Gasteiger partial charge in [-0.1, -0.05) is 11.6 Å². The molecule has 0 amide bonds. The van der Waals surface area contributed by atoms with Crippen LogP contribution < -0.4 is 25.2 Å². The molecule has 2 saturated heterocycles. The minimum Gasteiger partial charge on any atom is -0.448 e. The van der Waals surface area contributed by atoms with Crippen LogP contribution in [0.15, 0.2) is 34.2 Å². The first kappa shape index (κ1) is 27.5. The maximum atomic E-state index is 12.8. The summed E-state index contributed by atoms with van der Waals surface area (Å²) in [7, 11) is 1.94. The molecule has 1 atom stereocenters. The van der Waals surface area contributed by atoms with Gasteiger partial charge in [-0.25, -0.2) is 0 Å². The number of hydrogen-bond donors (Lipinski definition) is 2. The highest BCUT2D eigenvalue weighted by atomic mass is 35.5. The van der Waals surface area contributed by atoms with E-state index in [1.54, 1.807) is 11.8 Å². The predicted molar refractivity (Wildman–Crippen MR) is 157 cm³/mol. The van der Waals surface area contributed by atoms with Gasteiger partial charge in [0.2, 0.25) is 0 Å². The minimum absolute atomic E-state index is 0.0713. The van der Waals surface area contributed by atoms with Crippen LogP contribution in [0.1, 0.15) is 42.1 Å². The van der Waals surface area contributed by atoms with E-state index in [4.69, 9.17) is 25.8 Å². The molecule has 6 rings (SSSR count). The molecule has 9 nitrogen and oxygen atoms in total. The number of aryl methyl sites for hydroxylation is 2. The Morgan fingerprint density at radius 1 is 1.20 bits per heavy atom. The van der Waals surface area contributed by atoms with Gasteiger partial charge < -0.3 is 24.1 Å². The zero-order valence-corrected chi connectivity index (χ0v) is 25.2. The molecule has 0 aliphatic carbocycles. The quantitative estimate of drug-likeness (QED) is 0.391. The molecule has 0 saturated carbocycles. The van der Waals surface area contributed by atoms with Gasteiger partial charge in [-0.2, -0.15) is 5.10 Å². The number of aromatic nitrogens is 3. The van der Waals surface area contributed by atoms with Gasteiger partial charge >= 0.3 is 0 Å². The fraction of sp³-hybridized carbons (Fsp3) is 0.517. The maximum absolute atomic E-state index is 12.8. The largest absolute Gasteiger partial charge is 0.448 e. The van der Waals surface area contributed by atoms with Crippen LogP contribution in [0.2, 0.25) is 5.02 Å². The molecule has 0 spiro atoms. The third kappa shape index (κ3) is 4.68. The Morgan fingerprint density at radius 3 is 2.55 bits per heavy atom. The van der Waals surface area contributed by atoms with E-state index in [2.05, 4.69) is 33.4 Å². The smallest absolute Gasteiger partial charge is 0.253 e. The van der Waals surface area contributed by atoms with Crippen molar-refractivity contribution in [2.24, 2.45) is 13.0 Å². The van der Waals surface area contributed by atoms with Gasteiger partial charge in [-0.3, -0.25) is 14.8 Å². The molecule has 2 N–H and O–H groups in total. The van der Waals surface area contributed by atoms with Crippen molar-refractivity contribution in [3.05, 3.63) is 62.3 Å². The van der Waals surface area contributed by atoms with E-state index in [0.717, 1.165) is 58.9 Å². The van der Waals surface area contributed by atoms with Crippen LogP contribution in [0.5, 0.6) is 11.5 Å². The Labute approximate surface area is 243 Å². The molecule has 3 aliphatic heterocycles. The number of ether oxygens (including phenoxy) is 3. The number of pyridine rings is 1. The second-order valence-electron chi connectivity index (χ2n) is 11.3. The van der Waals surface area contributed by atoms with Gasteiger partial charge in [0.15, 0.2) is 11.5 Å². The van der Waals surface area contributed by atoms with E-state index in [1.807, 2.05) is 50.2 Å². The van der Waals surface area contributed by atoms with Crippen molar-refractivity contribution in [1.29, 1.82) is 0 Å². The Hall–Kier alpha value is -2.66. The van der Waals surface area contributed by atoms with Crippen LogP contribution in [-0.4, -0.2) is 53.1 Å². The van der Waals surface area contributed by atoms with Crippen LogP contribution in [0.4, 0.5) is 5.69 Å². The van der Waals surface area contributed by atoms with Crippen molar-refractivity contribution in [3.63, 3.8) is 0 Å². The van der Waals surface area contributed by atoms with Gasteiger partial charge in [0.1, 0.15) is 0 Å². The highest BCUT2D eigenvalue weighted by Crippen LogP contribution is 2.53. The SMILES string of the molecule is CSc1cc(C)[nH]c(=O)c1CNC1(c2cc(Cl)c3c(c2C)OC(C)(C2CCN(c4cnn(C)c4)CC2)O3)COC1. The summed E-state index contributed by atoms with van der Waals surface area (Å²) in [6.07, 6.45) is 7.82. The fourth-order valence-electron chi connectivity index (χ4n) is 6.20. The number of benzene rings is 1. The summed E-state index contributed by atoms with van der Waals surface area (Å²) in [5.74, 6) is 0.722. The minimum atomic E-state index is -0.796. The molecule has 0 bridgehead atoms. The van der Waals surface area contributed by atoms with Gasteiger partial charge in [0.05, 0.1) is 35.7 Å². The summed E-state index contributed by atoms with van der Waals surface area (Å²) in [5.41, 5.74) is 4.16. The van der Waals surface area contributed by atoms with Gasteiger partial charge in [0, 0.05) is 67.4 Å². The number of aromatic amines is 1. The van der Waals surface area contributed by atoms with E-state index in [-0.39, 0.29) is 11.5 Å². The lowest BCUT2D eigenvalue weighted by Crippen LogP contribution is -2.57. The summed E-state index contributed by atoms with van der Waals surface area (Å²) >= 11 is 8.44. The highest BCUT2D eigenvalue weighted by Gasteiger charge is 2.49. The summed E-state index contributed by atoms with van der Waals surface area (Å²) in [5, 5.41) is 8.48. The zero-order valence-electron chi connectivity index (χ0n) is 23.6. The van der Waals surface area contributed by atoms with Crippen LogP contribution >= 0.6 is 23.4 Å². The molecule has 11 heteroatoms. The molecule has 214 valence electrons.